The third kappa shape index (κ3) is 4.22. The number of likely N-dealkylation sites (tertiary alicyclic amines) is 1. The van der Waals surface area contributed by atoms with Gasteiger partial charge in [0.05, 0.1) is 4.90 Å². The Kier molecular flexibility index (Phi) is 5.88. The normalized spacial score (nSPS) is 18.6. The van der Waals surface area contributed by atoms with E-state index >= 15 is 0 Å². The Morgan fingerprint density at radius 3 is 2.39 bits per heavy atom. The molecule has 0 saturated carbocycles. The van der Waals surface area contributed by atoms with Crippen molar-refractivity contribution in [2.24, 2.45) is 0 Å². The summed E-state index contributed by atoms with van der Waals surface area (Å²) < 4.78 is 43.3. The van der Waals surface area contributed by atoms with E-state index in [-0.39, 0.29) is 23.5 Å². The van der Waals surface area contributed by atoms with Crippen LogP contribution in [0.2, 0.25) is 0 Å². The highest BCUT2D eigenvalue weighted by atomic mass is 32.2. The van der Waals surface area contributed by atoms with Crippen LogP contribution in [-0.2, 0) is 10.0 Å². The number of nitrogens with zero attached hydrogens (tertiary/aromatic N) is 4. The summed E-state index contributed by atoms with van der Waals surface area (Å²) >= 11 is 0. The van der Waals surface area contributed by atoms with Crippen molar-refractivity contribution in [2.75, 3.05) is 33.0 Å². The fourth-order valence-corrected chi connectivity index (χ4v) is 6.43. The molecule has 188 valence electrons. The van der Waals surface area contributed by atoms with E-state index in [0.29, 0.717) is 73.4 Å². The number of amides is 1. The van der Waals surface area contributed by atoms with Gasteiger partial charge in [0.25, 0.3) is 5.91 Å². The summed E-state index contributed by atoms with van der Waals surface area (Å²) in [4.78, 5) is 19.6. The fraction of sp³-hybridized carbons (Fsp3) is 0.400. The van der Waals surface area contributed by atoms with Gasteiger partial charge in [0.2, 0.25) is 28.5 Å². The molecular formula is C25H26N4O6S. The van der Waals surface area contributed by atoms with Crippen LogP contribution in [0.15, 0.2) is 51.9 Å². The number of hydrogen-bond acceptors (Lipinski definition) is 8. The van der Waals surface area contributed by atoms with Crippen molar-refractivity contribution in [3.05, 3.63) is 53.9 Å². The van der Waals surface area contributed by atoms with E-state index in [1.807, 2.05) is 4.90 Å². The lowest BCUT2D eigenvalue weighted by Gasteiger charge is -2.30. The number of aromatic nitrogens is 2. The molecule has 1 aromatic heterocycles. The smallest absolute Gasteiger partial charge is 0.253 e. The maximum atomic E-state index is 12.9. The lowest BCUT2D eigenvalue weighted by molar-refractivity contribution is 0.0704. The average Bonchev–Trinajstić information content (AvgIpc) is 3.70. The number of carbonyl (C=O) groups excluding carboxylic acids is 1. The highest BCUT2D eigenvalue weighted by molar-refractivity contribution is 7.89. The van der Waals surface area contributed by atoms with E-state index in [0.717, 1.165) is 12.8 Å². The Morgan fingerprint density at radius 2 is 1.64 bits per heavy atom. The number of ether oxygens (including phenoxy) is 2. The van der Waals surface area contributed by atoms with Crippen LogP contribution in [0, 0.1) is 0 Å². The zero-order valence-corrected chi connectivity index (χ0v) is 20.4. The number of carbonyl (C=O) groups is 1. The average molecular weight is 511 g/mol. The lowest BCUT2D eigenvalue weighted by atomic mass is 9.96. The van der Waals surface area contributed by atoms with Gasteiger partial charge in [0.15, 0.2) is 11.5 Å². The highest BCUT2D eigenvalue weighted by Crippen LogP contribution is 2.34. The molecule has 2 saturated heterocycles. The van der Waals surface area contributed by atoms with Crippen LogP contribution in [0.3, 0.4) is 0 Å². The highest BCUT2D eigenvalue weighted by Gasteiger charge is 2.30. The number of hydrogen-bond donors (Lipinski definition) is 0. The van der Waals surface area contributed by atoms with Crippen LogP contribution in [0.4, 0.5) is 0 Å². The number of sulfonamides is 1. The second-order valence-electron chi connectivity index (χ2n) is 9.23. The van der Waals surface area contributed by atoms with Crippen LogP contribution in [-0.4, -0.2) is 66.6 Å². The first-order valence-corrected chi connectivity index (χ1v) is 13.6. The van der Waals surface area contributed by atoms with Crippen LogP contribution in [0.5, 0.6) is 11.5 Å². The van der Waals surface area contributed by atoms with Crippen molar-refractivity contribution < 1.29 is 27.2 Å². The van der Waals surface area contributed by atoms with E-state index < -0.39 is 10.0 Å². The minimum Gasteiger partial charge on any atom is -0.454 e. The molecular weight excluding hydrogens is 484 g/mol. The third-order valence-corrected chi connectivity index (χ3v) is 8.92. The van der Waals surface area contributed by atoms with Crippen LogP contribution in [0.1, 0.15) is 47.8 Å². The molecule has 3 aromatic rings. The van der Waals surface area contributed by atoms with Crippen molar-refractivity contribution in [2.45, 2.75) is 36.5 Å². The van der Waals surface area contributed by atoms with E-state index in [2.05, 4.69) is 10.1 Å². The minimum atomic E-state index is -3.46. The molecule has 1 amide bonds. The van der Waals surface area contributed by atoms with Crippen molar-refractivity contribution in [1.82, 2.24) is 19.3 Å². The number of piperidine rings is 1. The Labute approximate surface area is 208 Å². The molecule has 10 nitrogen and oxygen atoms in total. The molecule has 0 atom stereocenters. The number of fused-ring (bicyclic) bond motifs is 1. The summed E-state index contributed by atoms with van der Waals surface area (Å²) in [5.41, 5.74) is 1.27. The summed E-state index contributed by atoms with van der Waals surface area (Å²) in [6.45, 7) is 2.47. The van der Waals surface area contributed by atoms with Gasteiger partial charge < -0.3 is 18.9 Å². The van der Waals surface area contributed by atoms with Gasteiger partial charge in [0, 0.05) is 43.2 Å². The molecule has 0 bridgehead atoms. The summed E-state index contributed by atoms with van der Waals surface area (Å²) in [5, 5.41) is 4.11. The van der Waals surface area contributed by atoms with Gasteiger partial charge in [-0.2, -0.15) is 9.29 Å². The molecule has 36 heavy (non-hydrogen) atoms. The quantitative estimate of drug-likeness (QED) is 0.514. The summed E-state index contributed by atoms with van der Waals surface area (Å²) in [6.07, 6.45) is 3.22. The molecule has 6 rings (SSSR count). The van der Waals surface area contributed by atoms with Crippen molar-refractivity contribution in [3.8, 4) is 22.9 Å². The molecule has 2 fully saturated rings. The summed E-state index contributed by atoms with van der Waals surface area (Å²) in [5.74, 6) is 2.22. The Hall–Kier alpha value is -3.44. The Balaban J connectivity index is 1.09. The van der Waals surface area contributed by atoms with Gasteiger partial charge in [-0.3, -0.25) is 4.79 Å². The zero-order valence-electron chi connectivity index (χ0n) is 19.6. The first-order chi connectivity index (χ1) is 17.5. The topological polar surface area (TPSA) is 115 Å². The molecule has 11 heteroatoms. The van der Waals surface area contributed by atoms with E-state index in [4.69, 9.17) is 14.0 Å². The second-order valence-corrected chi connectivity index (χ2v) is 11.2. The predicted octanol–water partition coefficient (Wildman–Crippen LogP) is 3.27. The number of rotatable bonds is 5. The molecule has 2 aromatic carbocycles. The monoisotopic (exact) mass is 510 g/mol. The van der Waals surface area contributed by atoms with E-state index in [1.54, 1.807) is 42.5 Å². The molecule has 4 heterocycles. The molecule has 0 spiro atoms. The van der Waals surface area contributed by atoms with Crippen LogP contribution < -0.4 is 9.47 Å². The molecule has 0 aliphatic carbocycles. The van der Waals surface area contributed by atoms with Crippen molar-refractivity contribution in [1.29, 1.82) is 0 Å². The molecule has 0 radical (unpaired) electrons. The fourth-order valence-electron chi connectivity index (χ4n) is 4.91. The number of benzene rings is 2. The largest absolute Gasteiger partial charge is 0.454 e. The van der Waals surface area contributed by atoms with Gasteiger partial charge in [-0.15, -0.1) is 0 Å². The lowest BCUT2D eigenvalue weighted by Crippen LogP contribution is -2.38. The van der Waals surface area contributed by atoms with E-state index in [9.17, 15) is 13.2 Å². The van der Waals surface area contributed by atoms with Crippen molar-refractivity contribution in [3.63, 3.8) is 0 Å². The van der Waals surface area contributed by atoms with Gasteiger partial charge in [-0.1, -0.05) is 5.16 Å². The second kappa shape index (κ2) is 9.21. The van der Waals surface area contributed by atoms with Gasteiger partial charge >= 0.3 is 0 Å². The minimum absolute atomic E-state index is 0.0399. The van der Waals surface area contributed by atoms with Crippen LogP contribution in [0.25, 0.3) is 11.4 Å². The molecule has 3 aliphatic heterocycles. The first-order valence-electron chi connectivity index (χ1n) is 12.1. The SMILES string of the molecule is O=C(c1ccc2c(c1)OCO2)N1CCC(c2nc(-c3ccc(S(=O)(=O)N4CCCC4)cc3)no2)CC1. The summed E-state index contributed by atoms with van der Waals surface area (Å²) in [6, 6.07) is 11.9. The Morgan fingerprint density at radius 1 is 0.917 bits per heavy atom. The maximum Gasteiger partial charge on any atom is 0.253 e. The zero-order chi connectivity index (χ0) is 24.7. The first kappa shape index (κ1) is 23.0. The third-order valence-electron chi connectivity index (χ3n) is 7.01. The van der Waals surface area contributed by atoms with E-state index in [1.165, 1.54) is 4.31 Å². The summed E-state index contributed by atoms with van der Waals surface area (Å²) in [7, 11) is -3.46. The standard InChI is InChI=1S/C25H26N4O6S/c30-25(19-5-8-21-22(15-19)34-16-33-21)28-13-9-18(10-14-28)24-26-23(27-35-24)17-3-6-20(7-4-17)36(31,32)29-11-1-2-12-29/h3-8,15,18H,1-2,9-14,16H2. The van der Waals surface area contributed by atoms with Gasteiger partial charge in [0.1, 0.15) is 0 Å². The molecule has 3 aliphatic rings. The van der Waals surface area contributed by atoms with Gasteiger partial charge in [-0.25, -0.2) is 8.42 Å². The Bertz CT molecular complexity index is 1370. The van der Waals surface area contributed by atoms with Gasteiger partial charge in [-0.05, 0) is 68.1 Å². The maximum absolute atomic E-state index is 12.9. The van der Waals surface area contributed by atoms with Crippen molar-refractivity contribution >= 4 is 15.9 Å². The van der Waals surface area contributed by atoms with Crippen LogP contribution >= 0.6 is 0 Å². The molecule has 0 N–H and O–H groups in total. The molecule has 0 unspecified atom stereocenters. The predicted molar refractivity (Wildman–Crippen MR) is 128 cm³/mol.